The SMILES string of the molecule is CCCc1[nH]n(-c2cccc(C)c2)c(=O)c1-c1ccc(C)cc1. The van der Waals surface area contributed by atoms with Gasteiger partial charge in [0.05, 0.1) is 11.3 Å². The molecule has 3 aromatic rings. The number of hydrogen-bond donors (Lipinski definition) is 1. The summed E-state index contributed by atoms with van der Waals surface area (Å²) >= 11 is 0. The van der Waals surface area contributed by atoms with Crippen LogP contribution in [0.5, 0.6) is 0 Å². The first-order valence-corrected chi connectivity index (χ1v) is 8.08. The van der Waals surface area contributed by atoms with Gasteiger partial charge in [-0.05, 0) is 43.5 Å². The summed E-state index contributed by atoms with van der Waals surface area (Å²) in [4.78, 5) is 13.0. The van der Waals surface area contributed by atoms with Crippen molar-refractivity contribution in [2.75, 3.05) is 0 Å². The summed E-state index contributed by atoms with van der Waals surface area (Å²) in [6.07, 6.45) is 1.85. The van der Waals surface area contributed by atoms with Gasteiger partial charge in [-0.15, -0.1) is 0 Å². The Morgan fingerprint density at radius 1 is 1.00 bits per heavy atom. The van der Waals surface area contributed by atoms with Gasteiger partial charge in [0.2, 0.25) is 0 Å². The maximum Gasteiger partial charge on any atom is 0.279 e. The Bertz CT molecular complexity index is 869. The Labute approximate surface area is 136 Å². The van der Waals surface area contributed by atoms with Gasteiger partial charge < -0.3 is 0 Å². The molecule has 0 bridgehead atoms. The molecule has 0 aliphatic rings. The van der Waals surface area contributed by atoms with Crippen molar-refractivity contribution in [3.8, 4) is 16.8 Å². The Balaban J connectivity index is 2.19. The van der Waals surface area contributed by atoms with Crippen LogP contribution in [0.25, 0.3) is 16.8 Å². The first-order chi connectivity index (χ1) is 11.1. The summed E-state index contributed by atoms with van der Waals surface area (Å²) in [5, 5.41) is 3.31. The van der Waals surface area contributed by atoms with Gasteiger partial charge in [0.1, 0.15) is 0 Å². The predicted molar refractivity (Wildman–Crippen MR) is 95.3 cm³/mol. The quantitative estimate of drug-likeness (QED) is 0.762. The van der Waals surface area contributed by atoms with Gasteiger partial charge >= 0.3 is 0 Å². The minimum Gasteiger partial charge on any atom is -0.294 e. The number of nitrogens with one attached hydrogen (secondary N) is 1. The van der Waals surface area contributed by atoms with E-state index in [4.69, 9.17) is 0 Å². The molecule has 1 N–H and O–H groups in total. The van der Waals surface area contributed by atoms with Gasteiger partial charge in [-0.2, -0.15) is 0 Å². The monoisotopic (exact) mass is 306 g/mol. The smallest absolute Gasteiger partial charge is 0.279 e. The van der Waals surface area contributed by atoms with Crippen molar-refractivity contribution in [3.05, 3.63) is 75.7 Å². The van der Waals surface area contributed by atoms with Gasteiger partial charge in [0.25, 0.3) is 5.56 Å². The van der Waals surface area contributed by atoms with E-state index in [0.717, 1.165) is 40.9 Å². The van der Waals surface area contributed by atoms with E-state index in [1.807, 2.05) is 43.3 Å². The molecule has 0 saturated heterocycles. The summed E-state index contributed by atoms with van der Waals surface area (Å²) in [5.74, 6) is 0. The average Bonchev–Trinajstić information content (AvgIpc) is 2.85. The minimum atomic E-state index is 0.0166. The first-order valence-electron chi connectivity index (χ1n) is 8.08. The topological polar surface area (TPSA) is 37.8 Å². The summed E-state index contributed by atoms with van der Waals surface area (Å²) in [6, 6.07) is 16.1. The molecule has 0 saturated carbocycles. The number of aromatic nitrogens is 2. The molecule has 0 atom stereocenters. The van der Waals surface area contributed by atoms with E-state index >= 15 is 0 Å². The molecule has 23 heavy (non-hydrogen) atoms. The van der Waals surface area contributed by atoms with Crippen molar-refractivity contribution in [3.63, 3.8) is 0 Å². The average molecular weight is 306 g/mol. The number of aromatic amines is 1. The molecule has 0 fully saturated rings. The highest BCUT2D eigenvalue weighted by Crippen LogP contribution is 2.22. The first kappa shape index (κ1) is 15.3. The number of rotatable bonds is 4. The van der Waals surface area contributed by atoms with Gasteiger partial charge in [-0.1, -0.05) is 55.3 Å². The standard InChI is InChI=1S/C20H22N2O/c1-4-6-18-19(16-11-9-14(2)10-12-16)20(23)22(21-18)17-8-5-7-15(3)13-17/h5,7-13,21H,4,6H2,1-3H3. The Morgan fingerprint density at radius 2 is 1.74 bits per heavy atom. The zero-order valence-electron chi connectivity index (χ0n) is 13.9. The summed E-state index contributed by atoms with van der Waals surface area (Å²) in [6.45, 7) is 6.21. The van der Waals surface area contributed by atoms with E-state index in [0.29, 0.717) is 0 Å². The lowest BCUT2D eigenvalue weighted by Gasteiger charge is -2.02. The second kappa shape index (κ2) is 6.29. The fourth-order valence-electron chi connectivity index (χ4n) is 2.88. The van der Waals surface area contributed by atoms with E-state index < -0.39 is 0 Å². The predicted octanol–water partition coefficient (Wildman–Crippen LogP) is 4.40. The lowest BCUT2D eigenvalue weighted by Crippen LogP contribution is -2.15. The molecule has 0 unspecified atom stereocenters. The molecule has 0 spiro atoms. The van der Waals surface area contributed by atoms with E-state index in [2.05, 4.69) is 31.1 Å². The zero-order valence-corrected chi connectivity index (χ0v) is 13.9. The lowest BCUT2D eigenvalue weighted by molar-refractivity contribution is 0.793. The van der Waals surface area contributed by atoms with Crippen LogP contribution in [0.3, 0.4) is 0 Å². The molecule has 1 aromatic heterocycles. The Morgan fingerprint density at radius 3 is 2.39 bits per heavy atom. The van der Waals surface area contributed by atoms with Gasteiger partial charge in [-0.25, -0.2) is 4.68 Å². The van der Waals surface area contributed by atoms with Crippen molar-refractivity contribution in [1.29, 1.82) is 0 Å². The molecule has 0 amide bonds. The van der Waals surface area contributed by atoms with Crippen LogP contribution in [0.4, 0.5) is 0 Å². The minimum absolute atomic E-state index is 0.0166. The fraction of sp³-hybridized carbons (Fsp3) is 0.250. The Kier molecular flexibility index (Phi) is 4.20. The highest BCUT2D eigenvalue weighted by Gasteiger charge is 2.16. The van der Waals surface area contributed by atoms with Crippen molar-refractivity contribution in [1.82, 2.24) is 9.78 Å². The molecular formula is C20H22N2O. The van der Waals surface area contributed by atoms with Crippen LogP contribution >= 0.6 is 0 Å². The zero-order chi connectivity index (χ0) is 16.4. The van der Waals surface area contributed by atoms with Crippen LogP contribution in [0.1, 0.15) is 30.2 Å². The third-order valence-corrected chi connectivity index (χ3v) is 4.07. The molecule has 0 aliphatic carbocycles. The fourth-order valence-corrected chi connectivity index (χ4v) is 2.88. The largest absolute Gasteiger partial charge is 0.294 e. The number of hydrogen-bond acceptors (Lipinski definition) is 1. The van der Waals surface area contributed by atoms with Crippen LogP contribution in [-0.2, 0) is 6.42 Å². The molecule has 3 heteroatoms. The van der Waals surface area contributed by atoms with E-state index in [1.165, 1.54) is 5.56 Å². The van der Waals surface area contributed by atoms with Crippen molar-refractivity contribution >= 4 is 0 Å². The van der Waals surface area contributed by atoms with Crippen LogP contribution in [0.15, 0.2) is 53.3 Å². The molecule has 0 radical (unpaired) electrons. The number of H-pyrrole nitrogens is 1. The van der Waals surface area contributed by atoms with E-state index in [9.17, 15) is 4.79 Å². The summed E-state index contributed by atoms with van der Waals surface area (Å²) in [5.41, 5.74) is 6.00. The molecular weight excluding hydrogens is 284 g/mol. The molecule has 0 aliphatic heterocycles. The molecule has 3 rings (SSSR count). The number of benzene rings is 2. The highest BCUT2D eigenvalue weighted by atomic mass is 16.1. The van der Waals surface area contributed by atoms with Crippen LogP contribution < -0.4 is 5.56 Å². The molecule has 2 aromatic carbocycles. The maximum absolute atomic E-state index is 13.0. The second-order valence-electron chi connectivity index (χ2n) is 6.06. The second-order valence-corrected chi connectivity index (χ2v) is 6.06. The lowest BCUT2D eigenvalue weighted by atomic mass is 10.0. The third kappa shape index (κ3) is 3.00. The van der Waals surface area contributed by atoms with Crippen molar-refractivity contribution in [2.24, 2.45) is 0 Å². The van der Waals surface area contributed by atoms with E-state index in [1.54, 1.807) is 4.68 Å². The Hall–Kier alpha value is -2.55. The van der Waals surface area contributed by atoms with Gasteiger partial charge in [-0.3, -0.25) is 9.89 Å². The molecule has 3 nitrogen and oxygen atoms in total. The van der Waals surface area contributed by atoms with Gasteiger partial charge in [0, 0.05) is 5.69 Å². The summed E-state index contributed by atoms with van der Waals surface area (Å²) < 4.78 is 1.66. The van der Waals surface area contributed by atoms with Gasteiger partial charge in [0.15, 0.2) is 0 Å². The summed E-state index contributed by atoms with van der Waals surface area (Å²) in [7, 11) is 0. The van der Waals surface area contributed by atoms with E-state index in [-0.39, 0.29) is 5.56 Å². The third-order valence-electron chi connectivity index (χ3n) is 4.07. The van der Waals surface area contributed by atoms with Crippen LogP contribution in [0, 0.1) is 13.8 Å². The molecule has 1 heterocycles. The maximum atomic E-state index is 13.0. The molecule has 118 valence electrons. The number of nitrogens with zero attached hydrogens (tertiary/aromatic N) is 1. The highest BCUT2D eigenvalue weighted by molar-refractivity contribution is 5.66. The van der Waals surface area contributed by atoms with Crippen LogP contribution in [0.2, 0.25) is 0 Å². The van der Waals surface area contributed by atoms with Crippen LogP contribution in [-0.4, -0.2) is 9.78 Å². The normalized spacial score (nSPS) is 10.9. The number of aryl methyl sites for hydroxylation is 3. The van der Waals surface area contributed by atoms with Crippen molar-refractivity contribution in [2.45, 2.75) is 33.6 Å². The van der Waals surface area contributed by atoms with Crippen molar-refractivity contribution < 1.29 is 0 Å².